The second kappa shape index (κ2) is 23.1. The van der Waals surface area contributed by atoms with E-state index in [2.05, 4.69) is 0 Å². The lowest BCUT2D eigenvalue weighted by Crippen LogP contribution is -2.26. The van der Waals surface area contributed by atoms with Crippen molar-refractivity contribution in [1.29, 1.82) is 0 Å². The van der Waals surface area contributed by atoms with Crippen LogP contribution in [0.3, 0.4) is 0 Å². The van der Waals surface area contributed by atoms with E-state index in [1.807, 2.05) is 60.7 Å². The van der Waals surface area contributed by atoms with E-state index < -0.39 is 0 Å². The maximum absolute atomic E-state index is 5.35. The third kappa shape index (κ3) is 222000. The lowest BCUT2D eigenvalue weighted by atomic mass is 10.1. The summed E-state index contributed by atoms with van der Waals surface area (Å²) in [5.74, 6) is 0. The minimum absolute atomic E-state index is 0. The zero-order valence-corrected chi connectivity index (χ0v) is 9.52. The Labute approximate surface area is 94.9 Å². The predicted molar refractivity (Wildman–Crippen MR) is 75.1 cm³/mol. The standard InChI is InChI=1S/C4H11N.C3H9N.C2H6.3CH4/c1-4(2,3)5;1-4(2)3;1-2;;;/h5H2,1-3H3;1-3H3;1-2H3;3*1H4. The van der Waals surface area contributed by atoms with E-state index in [1.165, 1.54) is 0 Å². The highest BCUT2D eigenvalue weighted by molar-refractivity contribution is 4.60. The average molecular weight is 210 g/mol. The predicted octanol–water partition coefficient (Wildman–Crippen LogP) is 3.86. The minimum atomic E-state index is 0. The highest BCUT2D eigenvalue weighted by Gasteiger charge is 1.95. The van der Waals surface area contributed by atoms with Crippen molar-refractivity contribution in [3.8, 4) is 0 Å². The molecule has 0 atom stereocenters. The molecule has 14 heavy (non-hydrogen) atoms. The normalized spacial score (nSPS) is 7.29. The van der Waals surface area contributed by atoms with Gasteiger partial charge in [0.25, 0.3) is 0 Å². The number of hydrogen-bond acceptors (Lipinski definition) is 2. The Kier molecular flexibility index (Phi) is 61.0. The van der Waals surface area contributed by atoms with Gasteiger partial charge in [0.1, 0.15) is 0 Å². The molecular weight excluding hydrogens is 172 g/mol. The lowest BCUT2D eigenvalue weighted by Gasteiger charge is -2.06. The van der Waals surface area contributed by atoms with Gasteiger partial charge in [-0.05, 0) is 41.9 Å². The van der Waals surface area contributed by atoms with Crippen LogP contribution in [0.2, 0.25) is 0 Å². The van der Waals surface area contributed by atoms with Gasteiger partial charge in [0.15, 0.2) is 0 Å². The van der Waals surface area contributed by atoms with Crippen LogP contribution in [0.4, 0.5) is 0 Å². The van der Waals surface area contributed by atoms with Gasteiger partial charge in [0.2, 0.25) is 0 Å². The summed E-state index contributed by atoms with van der Waals surface area (Å²) in [6.07, 6.45) is 0. The molecule has 0 aliphatic rings. The third-order valence-corrected chi connectivity index (χ3v) is 0. The first-order chi connectivity index (χ1) is 4.73. The van der Waals surface area contributed by atoms with Gasteiger partial charge < -0.3 is 10.6 Å². The second-order valence-corrected chi connectivity index (χ2v) is 3.71. The van der Waals surface area contributed by atoms with Crippen LogP contribution in [0.1, 0.15) is 56.9 Å². The van der Waals surface area contributed by atoms with Crippen LogP contribution in [0.15, 0.2) is 0 Å². The summed E-state index contributed by atoms with van der Waals surface area (Å²) in [5.41, 5.74) is 5.35. The van der Waals surface area contributed by atoms with E-state index >= 15 is 0 Å². The van der Waals surface area contributed by atoms with Crippen molar-refractivity contribution < 1.29 is 0 Å². The molecule has 96 valence electrons. The first-order valence-electron chi connectivity index (χ1n) is 4.13. The van der Waals surface area contributed by atoms with Crippen LogP contribution < -0.4 is 5.73 Å². The van der Waals surface area contributed by atoms with Gasteiger partial charge in [-0.3, -0.25) is 0 Å². The Morgan fingerprint density at radius 3 is 0.786 bits per heavy atom. The van der Waals surface area contributed by atoms with Gasteiger partial charge in [0.05, 0.1) is 0 Å². The SMILES string of the molecule is C.C.C.CC.CC(C)(C)N.CN(C)C. The third-order valence-electron chi connectivity index (χ3n) is 0. The molecule has 0 unspecified atom stereocenters. The minimum Gasteiger partial charge on any atom is -0.326 e. The summed E-state index contributed by atoms with van der Waals surface area (Å²) in [7, 11) is 6.00. The zero-order valence-electron chi connectivity index (χ0n) is 9.52. The summed E-state index contributed by atoms with van der Waals surface area (Å²) < 4.78 is 0. The molecule has 0 aromatic heterocycles. The monoisotopic (exact) mass is 210 g/mol. The molecule has 2 nitrogen and oxygen atoms in total. The largest absolute Gasteiger partial charge is 0.326 e. The first kappa shape index (κ1) is 37.0. The Morgan fingerprint density at radius 1 is 0.786 bits per heavy atom. The van der Waals surface area contributed by atoms with Crippen LogP contribution in [-0.4, -0.2) is 31.6 Å². The molecule has 0 aromatic rings. The molecule has 2 heteroatoms. The molecule has 0 amide bonds. The van der Waals surface area contributed by atoms with E-state index in [0.717, 1.165) is 0 Å². The van der Waals surface area contributed by atoms with Gasteiger partial charge in [-0.25, -0.2) is 0 Å². The van der Waals surface area contributed by atoms with Crippen LogP contribution >= 0.6 is 0 Å². The van der Waals surface area contributed by atoms with Crippen molar-refractivity contribution >= 4 is 0 Å². The second-order valence-electron chi connectivity index (χ2n) is 3.71. The molecule has 2 N–H and O–H groups in total. The summed E-state index contributed by atoms with van der Waals surface area (Å²) in [5, 5.41) is 0. The number of rotatable bonds is 0. The highest BCUT2D eigenvalue weighted by Crippen LogP contribution is 1.88. The molecule has 0 saturated heterocycles. The number of nitrogens with two attached hydrogens (primary N) is 1. The highest BCUT2D eigenvalue weighted by atomic mass is 15.0. The average Bonchev–Trinajstić information content (AvgIpc) is 1.63. The van der Waals surface area contributed by atoms with Gasteiger partial charge in [-0.1, -0.05) is 36.1 Å². The van der Waals surface area contributed by atoms with Crippen LogP contribution in [0, 0.1) is 0 Å². The molecule has 0 aromatic carbocycles. The maximum atomic E-state index is 5.35. The van der Waals surface area contributed by atoms with E-state index in [4.69, 9.17) is 5.73 Å². The van der Waals surface area contributed by atoms with Crippen LogP contribution in [0.25, 0.3) is 0 Å². The summed E-state index contributed by atoms with van der Waals surface area (Å²) in [6, 6.07) is 0. The van der Waals surface area contributed by atoms with Crippen molar-refractivity contribution in [2.24, 2.45) is 5.73 Å². The van der Waals surface area contributed by atoms with Crippen molar-refractivity contribution in [1.82, 2.24) is 4.90 Å². The van der Waals surface area contributed by atoms with Gasteiger partial charge >= 0.3 is 0 Å². The van der Waals surface area contributed by atoms with E-state index in [-0.39, 0.29) is 27.8 Å². The molecule has 0 saturated carbocycles. The Balaban J connectivity index is -0.0000000166. The number of hydrogen-bond donors (Lipinski definition) is 1. The summed E-state index contributed by atoms with van der Waals surface area (Å²) in [4.78, 5) is 2.00. The molecule has 0 heterocycles. The van der Waals surface area contributed by atoms with E-state index in [9.17, 15) is 0 Å². The lowest BCUT2D eigenvalue weighted by molar-refractivity contribution is 0.505. The fraction of sp³-hybridized carbons (Fsp3) is 1.00. The smallest absolute Gasteiger partial charge is 0.00686 e. The van der Waals surface area contributed by atoms with Gasteiger partial charge in [-0.15, -0.1) is 0 Å². The van der Waals surface area contributed by atoms with Crippen molar-refractivity contribution in [3.05, 3.63) is 0 Å². The van der Waals surface area contributed by atoms with Crippen molar-refractivity contribution in [2.45, 2.75) is 62.4 Å². The topological polar surface area (TPSA) is 29.3 Å². The first-order valence-corrected chi connectivity index (χ1v) is 4.13. The summed E-state index contributed by atoms with van der Waals surface area (Å²) in [6.45, 7) is 9.90. The molecule has 0 bridgehead atoms. The fourth-order valence-electron chi connectivity index (χ4n) is 0. The van der Waals surface area contributed by atoms with Crippen LogP contribution in [-0.2, 0) is 0 Å². The number of nitrogens with zero attached hydrogens (tertiary/aromatic N) is 1. The molecule has 0 spiro atoms. The molecule has 0 fully saturated rings. The Bertz CT molecular complexity index is 45.1. The van der Waals surface area contributed by atoms with Gasteiger partial charge in [0, 0.05) is 5.54 Å². The Hall–Kier alpha value is -0.0800. The quantitative estimate of drug-likeness (QED) is 0.658. The van der Waals surface area contributed by atoms with Crippen LogP contribution in [0.5, 0.6) is 0 Å². The van der Waals surface area contributed by atoms with Crippen molar-refractivity contribution in [3.63, 3.8) is 0 Å². The molecule has 0 rings (SSSR count). The summed E-state index contributed by atoms with van der Waals surface area (Å²) >= 11 is 0. The van der Waals surface area contributed by atoms with Crippen molar-refractivity contribution in [2.75, 3.05) is 21.1 Å². The molecule has 0 aliphatic heterocycles. The van der Waals surface area contributed by atoms with E-state index in [0.29, 0.717) is 0 Å². The molecule has 0 aliphatic carbocycles. The Morgan fingerprint density at radius 2 is 0.786 bits per heavy atom. The zero-order chi connectivity index (χ0) is 10.1. The molecule has 0 radical (unpaired) electrons. The fourth-order valence-corrected chi connectivity index (χ4v) is 0. The molecular formula is C12H38N2. The van der Waals surface area contributed by atoms with E-state index in [1.54, 1.807) is 0 Å². The maximum Gasteiger partial charge on any atom is 0.00686 e. The van der Waals surface area contributed by atoms with Gasteiger partial charge in [-0.2, -0.15) is 0 Å².